The number of carbonyl (C=O) groups excluding carboxylic acids is 1. The Morgan fingerprint density at radius 1 is 1.30 bits per heavy atom. The number of nitrogens with zero attached hydrogens (tertiary/aromatic N) is 5. The van der Waals surface area contributed by atoms with Crippen LogP contribution in [0.5, 0.6) is 0 Å². The maximum absolute atomic E-state index is 12.9. The summed E-state index contributed by atoms with van der Waals surface area (Å²) in [6, 6.07) is 6.99. The number of carbonyl (C=O) groups is 1. The van der Waals surface area contributed by atoms with E-state index in [9.17, 15) is 18.0 Å². The molecule has 1 aromatic carbocycles. The Kier molecular flexibility index (Phi) is 5.58. The molecule has 1 aliphatic heterocycles. The van der Waals surface area contributed by atoms with Crippen molar-refractivity contribution in [3.8, 4) is 0 Å². The van der Waals surface area contributed by atoms with Gasteiger partial charge in [-0.15, -0.1) is 10.2 Å². The molecule has 1 fully saturated rings. The quantitative estimate of drug-likeness (QED) is 0.520. The second-order valence-corrected chi connectivity index (χ2v) is 10.6. The molecule has 0 aliphatic carbocycles. The Labute approximate surface area is 178 Å². The smallest absolute Gasteiger partial charge is 0.262 e. The number of fused-ring (bicyclic) bond motifs is 3. The minimum atomic E-state index is -3.06. The van der Waals surface area contributed by atoms with E-state index in [1.54, 1.807) is 17.7 Å². The number of rotatable bonds is 6. The average molecular weight is 450 g/mol. The summed E-state index contributed by atoms with van der Waals surface area (Å²) in [4.78, 5) is 27.0. The maximum atomic E-state index is 12.9. The van der Waals surface area contributed by atoms with Gasteiger partial charge in [-0.1, -0.05) is 30.8 Å². The van der Waals surface area contributed by atoms with Gasteiger partial charge in [0.2, 0.25) is 11.7 Å². The summed E-state index contributed by atoms with van der Waals surface area (Å²) in [7, 11) is -1.42. The lowest BCUT2D eigenvalue weighted by Crippen LogP contribution is -2.38. The van der Waals surface area contributed by atoms with Crippen molar-refractivity contribution in [2.24, 2.45) is 0 Å². The van der Waals surface area contributed by atoms with E-state index in [0.717, 1.165) is 6.42 Å². The molecule has 1 aliphatic rings. The van der Waals surface area contributed by atoms with Gasteiger partial charge >= 0.3 is 0 Å². The largest absolute Gasteiger partial charge is 0.341 e. The molecule has 3 aromatic rings. The number of thioether (sulfide) groups is 1. The van der Waals surface area contributed by atoms with E-state index in [0.29, 0.717) is 34.8 Å². The number of hydrogen-bond donors (Lipinski definition) is 0. The zero-order valence-electron chi connectivity index (χ0n) is 16.8. The second-order valence-electron chi connectivity index (χ2n) is 7.44. The van der Waals surface area contributed by atoms with E-state index in [1.807, 2.05) is 29.5 Å². The average Bonchev–Trinajstić information content (AvgIpc) is 3.31. The van der Waals surface area contributed by atoms with Crippen molar-refractivity contribution in [2.45, 2.75) is 37.5 Å². The van der Waals surface area contributed by atoms with Crippen LogP contribution in [0.4, 0.5) is 0 Å². The number of para-hydroxylation sites is 1. The molecule has 1 amide bonds. The van der Waals surface area contributed by atoms with Crippen LogP contribution in [-0.4, -0.2) is 68.7 Å². The molecule has 1 atom stereocenters. The Hall–Kier alpha value is -2.40. The number of amides is 1. The van der Waals surface area contributed by atoms with Crippen LogP contribution in [0.1, 0.15) is 19.8 Å². The fourth-order valence-electron chi connectivity index (χ4n) is 3.76. The molecule has 160 valence electrons. The number of sulfone groups is 1. The van der Waals surface area contributed by atoms with Crippen LogP contribution in [0.15, 0.2) is 34.2 Å². The lowest BCUT2D eigenvalue weighted by molar-refractivity contribution is -0.128. The molecule has 2 aromatic heterocycles. The number of benzene rings is 1. The maximum Gasteiger partial charge on any atom is 0.262 e. The van der Waals surface area contributed by atoms with Crippen molar-refractivity contribution in [3.63, 3.8) is 0 Å². The lowest BCUT2D eigenvalue weighted by Gasteiger charge is -2.23. The van der Waals surface area contributed by atoms with E-state index in [2.05, 4.69) is 10.2 Å². The Morgan fingerprint density at radius 3 is 2.77 bits per heavy atom. The van der Waals surface area contributed by atoms with Crippen molar-refractivity contribution < 1.29 is 13.2 Å². The standard InChI is InChI=1S/C19H23N5O4S2/c1-3-9-23-17(26)14-6-4-5-7-15(14)24-18(23)20-21-19(24)29-11-16(25)22(2)13-8-10-30(27,28)12-13/h4-7,13H,3,8-12H2,1-2H3/t13-/m1/s1. The van der Waals surface area contributed by atoms with Crippen molar-refractivity contribution in [2.75, 3.05) is 24.3 Å². The fraction of sp³-hybridized carbons (Fsp3) is 0.474. The van der Waals surface area contributed by atoms with Gasteiger partial charge in [-0.05, 0) is 25.0 Å². The highest BCUT2D eigenvalue weighted by Crippen LogP contribution is 2.23. The Balaban J connectivity index is 1.64. The van der Waals surface area contributed by atoms with E-state index < -0.39 is 9.84 Å². The summed E-state index contributed by atoms with van der Waals surface area (Å²) in [6.45, 7) is 2.51. The highest BCUT2D eigenvalue weighted by atomic mass is 32.2. The molecule has 4 rings (SSSR count). The van der Waals surface area contributed by atoms with Crippen LogP contribution in [0.3, 0.4) is 0 Å². The van der Waals surface area contributed by atoms with Gasteiger partial charge in [-0.25, -0.2) is 8.42 Å². The third kappa shape index (κ3) is 3.71. The first-order valence-electron chi connectivity index (χ1n) is 9.78. The van der Waals surface area contributed by atoms with Gasteiger partial charge in [0.25, 0.3) is 5.56 Å². The van der Waals surface area contributed by atoms with E-state index in [1.165, 1.54) is 16.7 Å². The second kappa shape index (κ2) is 8.03. The fourth-order valence-corrected chi connectivity index (χ4v) is 6.40. The van der Waals surface area contributed by atoms with Crippen LogP contribution in [-0.2, 0) is 21.2 Å². The van der Waals surface area contributed by atoms with Gasteiger partial charge in [0.15, 0.2) is 15.0 Å². The summed E-state index contributed by atoms with van der Waals surface area (Å²) < 4.78 is 26.8. The molecule has 0 bridgehead atoms. The molecule has 0 unspecified atom stereocenters. The lowest BCUT2D eigenvalue weighted by atomic mass is 10.2. The van der Waals surface area contributed by atoms with Gasteiger partial charge < -0.3 is 4.90 Å². The molecule has 11 heteroatoms. The highest BCUT2D eigenvalue weighted by Gasteiger charge is 2.32. The number of hydrogen-bond acceptors (Lipinski definition) is 7. The van der Waals surface area contributed by atoms with Gasteiger partial charge in [0, 0.05) is 19.6 Å². The zero-order chi connectivity index (χ0) is 21.5. The molecule has 3 heterocycles. The van der Waals surface area contributed by atoms with Crippen molar-refractivity contribution in [1.29, 1.82) is 0 Å². The predicted octanol–water partition coefficient (Wildman–Crippen LogP) is 1.19. The highest BCUT2D eigenvalue weighted by molar-refractivity contribution is 7.99. The third-order valence-corrected chi connectivity index (χ3v) is 8.06. The van der Waals surface area contributed by atoms with Gasteiger partial charge in [0.1, 0.15) is 0 Å². The van der Waals surface area contributed by atoms with E-state index in [-0.39, 0.29) is 34.8 Å². The van der Waals surface area contributed by atoms with E-state index in [4.69, 9.17) is 0 Å². The van der Waals surface area contributed by atoms with Gasteiger partial charge in [0.05, 0.1) is 28.2 Å². The monoisotopic (exact) mass is 449 g/mol. The molecular weight excluding hydrogens is 426 g/mol. The minimum Gasteiger partial charge on any atom is -0.341 e. The Morgan fingerprint density at radius 2 is 2.07 bits per heavy atom. The molecular formula is C19H23N5O4S2. The van der Waals surface area contributed by atoms with Crippen LogP contribution >= 0.6 is 11.8 Å². The summed E-state index contributed by atoms with van der Waals surface area (Å²) in [6.07, 6.45) is 1.24. The third-order valence-electron chi connectivity index (χ3n) is 5.40. The topological polar surface area (TPSA) is 107 Å². The SMILES string of the molecule is CCCn1c(=O)c2ccccc2n2c(SCC(=O)N(C)[C@@H]3CCS(=O)(=O)C3)nnc12. The summed E-state index contributed by atoms with van der Waals surface area (Å²) in [5, 5.41) is 9.54. The summed E-state index contributed by atoms with van der Waals surface area (Å²) in [5.41, 5.74) is 0.585. The van der Waals surface area contributed by atoms with Crippen LogP contribution in [0.25, 0.3) is 16.7 Å². The van der Waals surface area contributed by atoms with Gasteiger partial charge in [-0.3, -0.25) is 18.6 Å². The first kappa shape index (κ1) is 20.9. The molecule has 9 nitrogen and oxygen atoms in total. The van der Waals surface area contributed by atoms with Crippen LogP contribution in [0, 0.1) is 0 Å². The Bertz CT molecular complexity index is 1280. The number of aromatic nitrogens is 4. The number of aryl methyl sites for hydroxylation is 1. The predicted molar refractivity (Wildman–Crippen MR) is 116 cm³/mol. The minimum absolute atomic E-state index is 0.0156. The molecule has 30 heavy (non-hydrogen) atoms. The van der Waals surface area contributed by atoms with Crippen molar-refractivity contribution in [1.82, 2.24) is 24.1 Å². The summed E-state index contributed by atoms with van der Waals surface area (Å²) >= 11 is 1.23. The van der Waals surface area contributed by atoms with Gasteiger partial charge in [-0.2, -0.15) is 0 Å². The van der Waals surface area contributed by atoms with Crippen molar-refractivity contribution >= 4 is 44.2 Å². The molecule has 0 spiro atoms. The first-order valence-corrected chi connectivity index (χ1v) is 12.6. The first-order chi connectivity index (χ1) is 14.3. The summed E-state index contributed by atoms with van der Waals surface area (Å²) in [5.74, 6) is 0.533. The molecule has 1 saturated heterocycles. The van der Waals surface area contributed by atoms with Crippen LogP contribution < -0.4 is 5.56 Å². The molecule has 0 radical (unpaired) electrons. The molecule has 0 N–H and O–H groups in total. The zero-order valence-corrected chi connectivity index (χ0v) is 18.4. The normalized spacial score (nSPS) is 18.3. The molecule has 0 saturated carbocycles. The van der Waals surface area contributed by atoms with Crippen molar-refractivity contribution in [3.05, 3.63) is 34.6 Å². The van der Waals surface area contributed by atoms with Crippen LogP contribution in [0.2, 0.25) is 0 Å². The van der Waals surface area contributed by atoms with E-state index >= 15 is 0 Å².